The minimum Gasteiger partial charge on any atom is -0.333 e. The maximum atomic E-state index is 13.3. The van der Waals surface area contributed by atoms with Crippen LogP contribution in [0.5, 0.6) is 0 Å². The van der Waals surface area contributed by atoms with Gasteiger partial charge in [-0.25, -0.2) is 4.79 Å². The number of likely N-dealkylation sites (tertiary alicyclic amines) is 1. The Morgan fingerprint density at radius 3 is 2.15 bits per heavy atom. The first kappa shape index (κ1) is 19.0. The highest BCUT2D eigenvalue weighted by molar-refractivity contribution is 6.30. The zero-order valence-electron chi connectivity index (χ0n) is 15.8. The van der Waals surface area contributed by atoms with Gasteiger partial charge in [-0.3, -0.25) is 4.79 Å². The van der Waals surface area contributed by atoms with Crippen LogP contribution in [0.2, 0.25) is 5.02 Å². The van der Waals surface area contributed by atoms with E-state index in [0.717, 1.165) is 31.2 Å². The highest BCUT2D eigenvalue weighted by Gasteiger charge is 2.40. The molecule has 0 bridgehead atoms. The Morgan fingerprint density at radius 1 is 1.08 bits per heavy atom. The highest BCUT2D eigenvalue weighted by Crippen LogP contribution is 2.37. The van der Waals surface area contributed by atoms with Crippen LogP contribution in [-0.4, -0.2) is 59.9 Å². The lowest BCUT2D eigenvalue weighted by Crippen LogP contribution is -2.48. The molecule has 2 aliphatic rings. The van der Waals surface area contributed by atoms with Gasteiger partial charge in [-0.15, -0.1) is 0 Å². The third-order valence-electron chi connectivity index (χ3n) is 5.46. The Labute approximate surface area is 160 Å². The molecule has 1 aliphatic carbocycles. The third kappa shape index (κ3) is 4.14. The van der Waals surface area contributed by atoms with Crippen molar-refractivity contribution in [3.63, 3.8) is 0 Å². The van der Waals surface area contributed by atoms with Gasteiger partial charge in [0.25, 0.3) is 0 Å². The van der Waals surface area contributed by atoms with Gasteiger partial charge in [0, 0.05) is 44.2 Å². The molecule has 1 atom stereocenters. The minimum atomic E-state index is 0.0107. The molecule has 26 heavy (non-hydrogen) atoms. The van der Waals surface area contributed by atoms with Gasteiger partial charge >= 0.3 is 6.03 Å². The van der Waals surface area contributed by atoms with E-state index in [1.54, 1.807) is 19.0 Å². The van der Waals surface area contributed by atoms with E-state index in [2.05, 4.69) is 11.8 Å². The number of hydrogen-bond donors (Lipinski definition) is 0. The number of amides is 3. The first-order valence-corrected chi connectivity index (χ1v) is 9.80. The van der Waals surface area contributed by atoms with Crippen LogP contribution in [0.1, 0.15) is 44.2 Å². The maximum absolute atomic E-state index is 13.3. The summed E-state index contributed by atoms with van der Waals surface area (Å²) in [6, 6.07) is 8.22. The fraction of sp³-hybridized carbons (Fsp3) is 0.600. The summed E-state index contributed by atoms with van der Waals surface area (Å²) in [4.78, 5) is 30.9. The number of piperidine rings is 1. The first-order chi connectivity index (χ1) is 12.4. The van der Waals surface area contributed by atoms with Crippen LogP contribution >= 0.6 is 11.6 Å². The molecule has 1 unspecified atom stereocenters. The van der Waals surface area contributed by atoms with Crippen molar-refractivity contribution in [3.05, 3.63) is 34.9 Å². The van der Waals surface area contributed by atoms with Crippen molar-refractivity contribution >= 4 is 23.5 Å². The SMILES string of the molecule is CC(c1ccc(Cl)cc1)N(C(=O)C1CCN(C(=O)N(C)C)CC1)C1CC1. The maximum Gasteiger partial charge on any atom is 0.319 e. The van der Waals surface area contributed by atoms with Crippen molar-refractivity contribution < 1.29 is 9.59 Å². The molecule has 5 nitrogen and oxygen atoms in total. The van der Waals surface area contributed by atoms with Crippen LogP contribution in [-0.2, 0) is 4.79 Å². The molecule has 0 N–H and O–H groups in total. The van der Waals surface area contributed by atoms with Crippen LogP contribution in [0.3, 0.4) is 0 Å². The topological polar surface area (TPSA) is 43.9 Å². The second kappa shape index (κ2) is 7.87. The molecule has 0 radical (unpaired) electrons. The summed E-state index contributed by atoms with van der Waals surface area (Å²) < 4.78 is 0. The number of carbonyl (C=O) groups excluding carboxylic acids is 2. The van der Waals surface area contributed by atoms with E-state index in [1.165, 1.54) is 0 Å². The average molecular weight is 378 g/mol. The lowest BCUT2D eigenvalue weighted by Gasteiger charge is -2.37. The molecule has 1 saturated carbocycles. The quantitative estimate of drug-likeness (QED) is 0.801. The lowest BCUT2D eigenvalue weighted by atomic mass is 9.94. The van der Waals surface area contributed by atoms with Crippen molar-refractivity contribution in [2.45, 2.75) is 44.7 Å². The van der Waals surface area contributed by atoms with Gasteiger partial charge in [-0.2, -0.15) is 0 Å². The van der Waals surface area contributed by atoms with E-state index in [0.29, 0.717) is 24.2 Å². The monoisotopic (exact) mass is 377 g/mol. The van der Waals surface area contributed by atoms with Crippen LogP contribution in [0.25, 0.3) is 0 Å². The van der Waals surface area contributed by atoms with Crippen LogP contribution in [0, 0.1) is 5.92 Å². The number of rotatable bonds is 4. The Hall–Kier alpha value is -1.75. The molecule has 1 aliphatic heterocycles. The van der Waals surface area contributed by atoms with Crippen LogP contribution in [0.4, 0.5) is 4.79 Å². The summed E-state index contributed by atoms with van der Waals surface area (Å²) in [5, 5.41) is 0.711. The molecule has 1 saturated heterocycles. The molecule has 1 heterocycles. The molecule has 1 aromatic carbocycles. The smallest absolute Gasteiger partial charge is 0.319 e. The number of urea groups is 1. The number of halogens is 1. The van der Waals surface area contributed by atoms with Gasteiger partial charge in [0.15, 0.2) is 0 Å². The molecule has 3 amide bonds. The second-order valence-electron chi connectivity index (χ2n) is 7.64. The van der Waals surface area contributed by atoms with Crippen LogP contribution in [0.15, 0.2) is 24.3 Å². The van der Waals surface area contributed by atoms with Gasteiger partial charge < -0.3 is 14.7 Å². The van der Waals surface area contributed by atoms with E-state index >= 15 is 0 Å². The number of carbonyl (C=O) groups is 2. The van der Waals surface area contributed by atoms with E-state index in [-0.39, 0.29) is 23.9 Å². The van der Waals surface area contributed by atoms with E-state index < -0.39 is 0 Å². The molecule has 142 valence electrons. The third-order valence-corrected chi connectivity index (χ3v) is 5.71. The van der Waals surface area contributed by atoms with Gasteiger partial charge in [-0.1, -0.05) is 23.7 Å². The normalized spacial score (nSPS) is 19.2. The van der Waals surface area contributed by atoms with Gasteiger partial charge in [-0.05, 0) is 50.3 Å². The number of hydrogen-bond acceptors (Lipinski definition) is 2. The molecule has 0 spiro atoms. The fourth-order valence-corrected chi connectivity index (χ4v) is 3.88. The Kier molecular flexibility index (Phi) is 5.76. The van der Waals surface area contributed by atoms with Crippen molar-refractivity contribution in [1.82, 2.24) is 14.7 Å². The number of benzene rings is 1. The minimum absolute atomic E-state index is 0.0107. The Balaban J connectivity index is 1.66. The summed E-state index contributed by atoms with van der Waals surface area (Å²) in [5.74, 6) is 0.253. The Bertz CT molecular complexity index is 650. The summed E-state index contributed by atoms with van der Waals surface area (Å²) in [6.45, 7) is 3.41. The van der Waals surface area contributed by atoms with Gasteiger partial charge in [0.05, 0.1) is 6.04 Å². The summed E-state index contributed by atoms with van der Waals surface area (Å²) in [5.41, 5.74) is 1.12. The molecule has 0 aromatic heterocycles. The van der Waals surface area contributed by atoms with Crippen LogP contribution < -0.4 is 0 Å². The summed E-state index contributed by atoms with van der Waals surface area (Å²) in [7, 11) is 3.53. The molecular formula is C20H28ClN3O2. The zero-order valence-corrected chi connectivity index (χ0v) is 16.6. The number of nitrogens with zero attached hydrogens (tertiary/aromatic N) is 3. The highest BCUT2D eigenvalue weighted by atomic mass is 35.5. The predicted molar refractivity (Wildman–Crippen MR) is 103 cm³/mol. The van der Waals surface area contributed by atoms with Crippen molar-refractivity contribution in [3.8, 4) is 0 Å². The predicted octanol–water partition coefficient (Wildman–Crippen LogP) is 3.79. The summed E-state index contributed by atoms with van der Waals surface area (Å²) in [6.07, 6.45) is 3.66. The largest absolute Gasteiger partial charge is 0.333 e. The standard InChI is InChI=1S/C20H28ClN3O2/c1-14(15-4-6-17(21)7-5-15)24(18-8-9-18)19(25)16-10-12-23(13-11-16)20(26)22(2)3/h4-7,14,16,18H,8-13H2,1-3H3. The molecule has 1 aromatic rings. The average Bonchev–Trinajstić information content (AvgIpc) is 3.46. The van der Waals surface area contributed by atoms with E-state index in [4.69, 9.17) is 11.6 Å². The Morgan fingerprint density at radius 2 is 1.65 bits per heavy atom. The molecule has 6 heteroatoms. The van der Waals surface area contributed by atoms with Crippen molar-refractivity contribution in [2.75, 3.05) is 27.2 Å². The molecule has 2 fully saturated rings. The lowest BCUT2D eigenvalue weighted by molar-refractivity contribution is -0.139. The van der Waals surface area contributed by atoms with E-state index in [1.807, 2.05) is 29.2 Å². The second-order valence-corrected chi connectivity index (χ2v) is 8.08. The molecular weight excluding hydrogens is 350 g/mol. The zero-order chi connectivity index (χ0) is 18.8. The summed E-state index contributed by atoms with van der Waals surface area (Å²) >= 11 is 6.00. The van der Waals surface area contributed by atoms with Gasteiger partial charge in [0.1, 0.15) is 0 Å². The van der Waals surface area contributed by atoms with Crippen molar-refractivity contribution in [2.24, 2.45) is 5.92 Å². The first-order valence-electron chi connectivity index (χ1n) is 9.42. The van der Waals surface area contributed by atoms with Gasteiger partial charge in [0.2, 0.25) is 5.91 Å². The molecule has 3 rings (SSSR count). The van der Waals surface area contributed by atoms with Crippen molar-refractivity contribution in [1.29, 1.82) is 0 Å². The van der Waals surface area contributed by atoms with E-state index in [9.17, 15) is 9.59 Å². The fourth-order valence-electron chi connectivity index (χ4n) is 3.75.